The predicted octanol–water partition coefficient (Wildman–Crippen LogP) is 1.06. The Morgan fingerprint density at radius 1 is 1.56 bits per heavy atom. The van der Waals surface area contributed by atoms with Crippen molar-refractivity contribution in [1.82, 2.24) is 0 Å². The standard InChI is InChI=1S/C11H15FN2O2/c1-14(7-8(13)6-11(15)16)10-5-3-2-4-9(10)12/h2-5,8H,6-7,13H2,1H3,(H,15,16). The van der Waals surface area contributed by atoms with Gasteiger partial charge in [-0.05, 0) is 12.1 Å². The van der Waals surface area contributed by atoms with E-state index in [2.05, 4.69) is 0 Å². The number of carboxylic acid groups (broad SMARTS) is 1. The van der Waals surface area contributed by atoms with Crippen LogP contribution in [0.2, 0.25) is 0 Å². The second-order valence-electron chi connectivity index (χ2n) is 3.69. The van der Waals surface area contributed by atoms with Crippen molar-refractivity contribution in [2.75, 3.05) is 18.5 Å². The SMILES string of the molecule is CN(CC(N)CC(=O)O)c1ccccc1F. The van der Waals surface area contributed by atoms with E-state index in [4.69, 9.17) is 10.8 Å². The molecule has 88 valence electrons. The molecule has 0 bridgehead atoms. The molecule has 0 fully saturated rings. The summed E-state index contributed by atoms with van der Waals surface area (Å²) in [6.45, 7) is 0.299. The first kappa shape index (κ1) is 12.4. The first-order valence-corrected chi connectivity index (χ1v) is 4.93. The van der Waals surface area contributed by atoms with Gasteiger partial charge in [0.2, 0.25) is 0 Å². The summed E-state index contributed by atoms with van der Waals surface area (Å²) in [4.78, 5) is 12.0. The average molecular weight is 226 g/mol. The highest BCUT2D eigenvalue weighted by Gasteiger charge is 2.13. The molecule has 0 aliphatic carbocycles. The highest BCUT2D eigenvalue weighted by molar-refractivity contribution is 5.67. The third-order valence-corrected chi connectivity index (χ3v) is 2.21. The fourth-order valence-corrected chi connectivity index (χ4v) is 1.50. The van der Waals surface area contributed by atoms with Crippen LogP contribution in [-0.2, 0) is 4.79 Å². The Labute approximate surface area is 93.5 Å². The molecule has 0 amide bonds. The van der Waals surface area contributed by atoms with Crippen molar-refractivity contribution in [1.29, 1.82) is 0 Å². The molecule has 0 aromatic heterocycles. The number of carboxylic acids is 1. The Balaban J connectivity index is 2.62. The molecule has 0 aliphatic heterocycles. The molecular formula is C11H15FN2O2. The minimum absolute atomic E-state index is 0.126. The lowest BCUT2D eigenvalue weighted by atomic mass is 10.2. The number of nitrogens with two attached hydrogens (primary N) is 1. The number of hydrogen-bond acceptors (Lipinski definition) is 3. The smallest absolute Gasteiger partial charge is 0.304 e. The molecule has 0 saturated carbocycles. The van der Waals surface area contributed by atoms with Crippen LogP contribution in [0.4, 0.5) is 10.1 Å². The Hall–Kier alpha value is -1.62. The van der Waals surface area contributed by atoms with E-state index in [1.54, 1.807) is 30.1 Å². The Morgan fingerprint density at radius 3 is 2.75 bits per heavy atom. The van der Waals surface area contributed by atoms with E-state index in [9.17, 15) is 9.18 Å². The van der Waals surface area contributed by atoms with Crippen LogP contribution in [0, 0.1) is 5.82 Å². The van der Waals surface area contributed by atoms with Crippen molar-refractivity contribution in [3.05, 3.63) is 30.1 Å². The molecule has 0 heterocycles. The molecule has 1 atom stereocenters. The van der Waals surface area contributed by atoms with E-state index in [-0.39, 0.29) is 12.2 Å². The van der Waals surface area contributed by atoms with Crippen molar-refractivity contribution < 1.29 is 14.3 Å². The minimum atomic E-state index is -0.950. The van der Waals surface area contributed by atoms with E-state index in [0.29, 0.717) is 12.2 Å². The molecule has 0 saturated heterocycles. The molecule has 3 N–H and O–H groups in total. The number of anilines is 1. The normalized spacial score (nSPS) is 12.2. The van der Waals surface area contributed by atoms with Crippen LogP contribution in [0.1, 0.15) is 6.42 Å². The summed E-state index contributed by atoms with van der Waals surface area (Å²) in [5.74, 6) is -1.29. The van der Waals surface area contributed by atoms with Gasteiger partial charge in [0.1, 0.15) is 5.82 Å². The van der Waals surface area contributed by atoms with Gasteiger partial charge >= 0.3 is 5.97 Å². The van der Waals surface area contributed by atoms with Gasteiger partial charge < -0.3 is 15.7 Å². The van der Waals surface area contributed by atoms with Gasteiger partial charge in [-0.2, -0.15) is 0 Å². The van der Waals surface area contributed by atoms with Gasteiger partial charge in [0.15, 0.2) is 0 Å². The quantitative estimate of drug-likeness (QED) is 0.788. The Morgan fingerprint density at radius 2 is 2.19 bits per heavy atom. The van der Waals surface area contributed by atoms with Crippen molar-refractivity contribution in [2.45, 2.75) is 12.5 Å². The fraction of sp³-hybridized carbons (Fsp3) is 0.364. The molecule has 0 spiro atoms. The number of para-hydroxylation sites is 1. The van der Waals surface area contributed by atoms with Crippen LogP contribution in [0.25, 0.3) is 0 Å². The van der Waals surface area contributed by atoms with Gasteiger partial charge in [0.25, 0.3) is 0 Å². The molecule has 4 nitrogen and oxygen atoms in total. The second-order valence-corrected chi connectivity index (χ2v) is 3.69. The monoisotopic (exact) mass is 226 g/mol. The maximum Gasteiger partial charge on any atom is 0.304 e. The lowest BCUT2D eigenvalue weighted by Gasteiger charge is -2.22. The van der Waals surface area contributed by atoms with Crippen LogP contribution < -0.4 is 10.6 Å². The lowest BCUT2D eigenvalue weighted by molar-refractivity contribution is -0.137. The Kier molecular flexibility index (Phi) is 4.25. The molecule has 1 unspecified atom stereocenters. The van der Waals surface area contributed by atoms with Gasteiger partial charge in [-0.25, -0.2) is 4.39 Å². The highest BCUT2D eigenvalue weighted by atomic mass is 19.1. The summed E-state index contributed by atoms with van der Waals surface area (Å²) in [6, 6.07) is 5.79. The first-order valence-electron chi connectivity index (χ1n) is 4.93. The van der Waals surface area contributed by atoms with E-state index in [1.807, 2.05) is 0 Å². The van der Waals surface area contributed by atoms with E-state index < -0.39 is 12.0 Å². The van der Waals surface area contributed by atoms with Crippen LogP contribution >= 0.6 is 0 Å². The maximum atomic E-state index is 13.4. The zero-order valence-corrected chi connectivity index (χ0v) is 9.06. The molecule has 1 aromatic carbocycles. The van der Waals surface area contributed by atoms with E-state index in [0.717, 1.165) is 0 Å². The topological polar surface area (TPSA) is 66.6 Å². The highest BCUT2D eigenvalue weighted by Crippen LogP contribution is 2.17. The molecule has 0 aliphatic rings. The van der Waals surface area contributed by atoms with E-state index in [1.165, 1.54) is 6.07 Å². The summed E-state index contributed by atoms with van der Waals surface area (Å²) in [5.41, 5.74) is 6.04. The van der Waals surface area contributed by atoms with Crippen molar-refractivity contribution in [2.24, 2.45) is 5.73 Å². The molecular weight excluding hydrogens is 211 g/mol. The van der Waals surface area contributed by atoms with Gasteiger partial charge in [-0.3, -0.25) is 4.79 Å². The number of rotatable bonds is 5. The van der Waals surface area contributed by atoms with Crippen LogP contribution in [0.3, 0.4) is 0 Å². The largest absolute Gasteiger partial charge is 0.481 e. The molecule has 16 heavy (non-hydrogen) atoms. The second kappa shape index (κ2) is 5.46. The van der Waals surface area contributed by atoms with Crippen molar-refractivity contribution >= 4 is 11.7 Å². The van der Waals surface area contributed by atoms with Crippen LogP contribution in [-0.4, -0.2) is 30.7 Å². The number of aliphatic carboxylic acids is 1. The number of likely N-dealkylation sites (N-methyl/N-ethyl adjacent to an activating group) is 1. The summed E-state index contributed by atoms with van der Waals surface area (Å²) in [5, 5.41) is 8.55. The zero-order chi connectivity index (χ0) is 12.1. The van der Waals surface area contributed by atoms with Gasteiger partial charge in [0.05, 0.1) is 12.1 Å². The molecule has 1 aromatic rings. The number of carbonyl (C=O) groups is 1. The van der Waals surface area contributed by atoms with Gasteiger partial charge in [-0.15, -0.1) is 0 Å². The fourth-order valence-electron chi connectivity index (χ4n) is 1.50. The number of hydrogen-bond donors (Lipinski definition) is 2. The molecule has 5 heteroatoms. The Bertz CT molecular complexity index is 371. The minimum Gasteiger partial charge on any atom is -0.481 e. The first-order chi connectivity index (χ1) is 7.50. The summed E-state index contributed by atoms with van der Waals surface area (Å²) in [6.07, 6.45) is -0.126. The zero-order valence-electron chi connectivity index (χ0n) is 9.06. The van der Waals surface area contributed by atoms with Crippen LogP contribution in [0.5, 0.6) is 0 Å². The number of nitrogens with zero attached hydrogens (tertiary/aromatic N) is 1. The molecule has 1 rings (SSSR count). The van der Waals surface area contributed by atoms with Crippen molar-refractivity contribution in [3.63, 3.8) is 0 Å². The van der Waals surface area contributed by atoms with Gasteiger partial charge in [0, 0.05) is 19.6 Å². The molecule has 0 radical (unpaired) electrons. The predicted molar refractivity (Wildman–Crippen MR) is 59.9 cm³/mol. The van der Waals surface area contributed by atoms with Gasteiger partial charge in [-0.1, -0.05) is 12.1 Å². The maximum absolute atomic E-state index is 13.4. The van der Waals surface area contributed by atoms with E-state index >= 15 is 0 Å². The summed E-state index contributed by atoms with van der Waals surface area (Å²) >= 11 is 0. The lowest BCUT2D eigenvalue weighted by Crippen LogP contribution is -2.37. The number of benzene rings is 1. The number of halogens is 1. The third kappa shape index (κ3) is 3.51. The third-order valence-electron chi connectivity index (χ3n) is 2.21. The van der Waals surface area contributed by atoms with Crippen molar-refractivity contribution in [3.8, 4) is 0 Å². The summed E-state index contributed by atoms with van der Waals surface area (Å²) in [7, 11) is 1.68. The van der Waals surface area contributed by atoms with Crippen LogP contribution in [0.15, 0.2) is 24.3 Å². The summed E-state index contributed by atoms with van der Waals surface area (Å²) < 4.78 is 13.4. The average Bonchev–Trinajstić information content (AvgIpc) is 2.16.